The second kappa shape index (κ2) is 7.02. The van der Waals surface area contributed by atoms with E-state index in [1.807, 2.05) is 0 Å². The Morgan fingerprint density at radius 1 is 0.750 bits per heavy atom. The van der Waals surface area contributed by atoms with Gasteiger partial charge in [-0.25, -0.2) is 8.37 Å². The van der Waals surface area contributed by atoms with E-state index < -0.39 is 26.5 Å². The smallest absolute Gasteiger partial charge is 0.233 e. The minimum absolute atomic E-state index is 0.0640. The van der Waals surface area contributed by atoms with E-state index in [0.717, 1.165) is 11.1 Å². The molecule has 2 rings (SSSR count). The van der Waals surface area contributed by atoms with Crippen LogP contribution >= 0.6 is 0 Å². The number of rotatable bonds is 6. The van der Waals surface area contributed by atoms with Crippen LogP contribution in [0.25, 0.3) is 0 Å². The number of hydrogen-bond acceptors (Lipinski definition) is 6. The van der Waals surface area contributed by atoms with Crippen molar-refractivity contribution in [3.8, 4) is 0 Å². The summed E-state index contributed by atoms with van der Waals surface area (Å²) >= 11 is 0. The lowest BCUT2D eigenvalue weighted by Gasteiger charge is -2.14. The van der Waals surface area contributed by atoms with Crippen molar-refractivity contribution in [1.29, 1.82) is 0 Å². The molecule has 0 aliphatic heterocycles. The van der Waals surface area contributed by atoms with Gasteiger partial charge in [0.05, 0.1) is 9.79 Å². The van der Waals surface area contributed by atoms with E-state index >= 15 is 0 Å². The lowest BCUT2D eigenvalue weighted by Crippen LogP contribution is -2.22. The van der Waals surface area contributed by atoms with E-state index in [0.29, 0.717) is 0 Å². The van der Waals surface area contributed by atoms with Crippen LogP contribution in [0.2, 0.25) is 0 Å². The monoisotopic (exact) mass is 370 g/mol. The molecule has 2 aromatic carbocycles. The zero-order valence-electron chi connectivity index (χ0n) is 13.5. The minimum Gasteiger partial charge on any atom is -0.233 e. The molecule has 0 saturated carbocycles. The highest BCUT2D eigenvalue weighted by atomic mass is 32.2. The summed E-state index contributed by atoms with van der Waals surface area (Å²) in [5.74, 6) is 0. The van der Waals surface area contributed by atoms with Crippen molar-refractivity contribution < 1.29 is 25.2 Å². The van der Waals surface area contributed by atoms with Crippen LogP contribution in [-0.4, -0.2) is 23.1 Å². The molecule has 0 amide bonds. The van der Waals surface area contributed by atoms with Crippen molar-refractivity contribution in [2.24, 2.45) is 0 Å². The van der Waals surface area contributed by atoms with Crippen LogP contribution in [-0.2, 0) is 28.6 Å². The van der Waals surface area contributed by atoms with E-state index in [1.165, 1.54) is 31.2 Å². The highest BCUT2D eigenvalue weighted by Gasteiger charge is 2.25. The molecule has 0 aliphatic rings. The van der Waals surface area contributed by atoms with Gasteiger partial charge < -0.3 is 0 Å². The van der Waals surface area contributed by atoms with Crippen molar-refractivity contribution in [3.05, 3.63) is 59.7 Å². The molecule has 130 valence electrons. The van der Waals surface area contributed by atoms with Crippen molar-refractivity contribution in [3.63, 3.8) is 0 Å². The predicted octanol–water partition coefficient (Wildman–Crippen LogP) is 2.76. The molecular formula is C16H18O6S2. The molecule has 0 spiro atoms. The SMILES string of the molecule is Cc1cccc(S(=O)(=O)OC(C)OS(=O)(=O)c2cccc(C)c2)c1. The van der Waals surface area contributed by atoms with Crippen LogP contribution in [0.5, 0.6) is 0 Å². The molecule has 0 N–H and O–H groups in total. The Morgan fingerprint density at radius 3 is 1.46 bits per heavy atom. The molecular weight excluding hydrogens is 352 g/mol. The van der Waals surface area contributed by atoms with Gasteiger partial charge in [0.2, 0.25) is 0 Å². The minimum atomic E-state index is -4.13. The van der Waals surface area contributed by atoms with Crippen LogP contribution in [0.1, 0.15) is 18.1 Å². The fraction of sp³-hybridized carbons (Fsp3) is 0.250. The Kier molecular flexibility index (Phi) is 5.44. The third kappa shape index (κ3) is 4.64. The molecule has 0 radical (unpaired) electrons. The van der Waals surface area contributed by atoms with Gasteiger partial charge in [-0.3, -0.25) is 0 Å². The van der Waals surface area contributed by atoms with Crippen LogP contribution in [0.15, 0.2) is 58.3 Å². The van der Waals surface area contributed by atoms with Gasteiger partial charge in [-0.2, -0.15) is 16.8 Å². The van der Waals surface area contributed by atoms with Crippen molar-refractivity contribution in [2.75, 3.05) is 0 Å². The Bertz CT molecular complexity index is 855. The number of hydrogen-bond donors (Lipinski definition) is 0. The maximum Gasteiger partial charge on any atom is 0.299 e. The van der Waals surface area contributed by atoms with E-state index in [2.05, 4.69) is 0 Å². The maximum atomic E-state index is 12.2. The van der Waals surface area contributed by atoms with Gasteiger partial charge in [-0.05, 0) is 56.2 Å². The van der Waals surface area contributed by atoms with Crippen molar-refractivity contribution >= 4 is 20.2 Å². The molecule has 0 unspecified atom stereocenters. The average Bonchev–Trinajstić information content (AvgIpc) is 2.46. The Balaban J connectivity index is 2.17. The van der Waals surface area contributed by atoms with Gasteiger partial charge in [0.25, 0.3) is 20.2 Å². The van der Waals surface area contributed by atoms with Gasteiger partial charge in [-0.15, -0.1) is 0 Å². The molecule has 0 fully saturated rings. The summed E-state index contributed by atoms with van der Waals surface area (Å²) in [7, 11) is -8.27. The highest BCUT2D eigenvalue weighted by Crippen LogP contribution is 2.20. The summed E-state index contributed by atoms with van der Waals surface area (Å²) in [5, 5.41) is 0. The van der Waals surface area contributed by atoms with Gasteiger partial charge in [0, 0.05) is 0 Å². The maximum absolute atomic E-state index is 12.2. The van der Waals surface area contributed by atoms with Crippen molar-refractivity contribution in [2.45, 2.75) is 36.9 Å². The first-order valence-corrected chi connectivity index (χ1v) is 9.92. The quantitative estimate of drug-likeness (QED) is 0.574. The lowest BCUT2D eigenvalue weighted by atomic mass is 10.2. The fourth-order valence-electron chi connectivity index (χ4n) is 2.03. The largest absolute Gasteiger partial charge is 0.299 e. The van der Waals surface area contributed by atoms with Crippen LogP contribution in [0, 0.1) is 13.8 Å². The Labute approximate surface area is 142 Å². The first-order chi connectivity index (χ1) is 11.1. The lowest BCUT2D eigenvalue weighted by molar-refractivity contribution is 0.0343. The normalized spacial score (nSPS) is 12.5. The number of aryl methyl sites for hydroxylation is 2. The zero-order valence-corrected chi connectivity index (χ0v) is 15.1. The van der Waals surface area contributed by atoms with Crippen LogP contribution < -0.4 is 0 Å². The molecule has 0 aliphatic carbocycles. The third-order valence-corrected chi connectivity index (χ3v) is 5.79. The molecule has 0 aromatic heterocycles. The van der Waals surface area contributed by atoms with Crippen molar-refractivity contribution in [1.82, 2.24) is 0 Å². The van der Waals surface area contributed by atoms with Gasteiger partial charge >= 0.3 is 0 Å². The summed E-state index contributed by atoms with van der Waals surface area (Å²) in [6.07, 6.45) is -1.50. The topological polar surface area (TPSA) is 86.7 Å². The van der Waals surface area contributed by atoms with E-state index in [4.69, 9.17) is 8.37 Å². The molecule has 0 saturated heterocycles. The van der Waals surface area contributed by atoms with E-state index in [1.54, 1.807) is 38.1 Å². The summed E-state index contributed by atoms with van der Waals surface area (Å²) in [6.45, 7) is 4.68. The highest BCUT2D eigenvalue weighted by molar-refractivity contribution is 7.87. The zero-order chi connectivity index (χ0) is 18.0. The molecule has 0 bridgehead atoms. The molecule has 0 heterocycles. The van der Waals surface area contributed by atoms with Gasteiger partial charge in [0.1, 0.15) is 0 Å². The first-order valence-electron chi connectivity index (χ1n) is 7.10. The summed E-state index contributed by atoms with van der Waals surface area (Å²) < 4.78 is 58.4. The summed E-state index contributed by atoms with van der Waals surface area (Å²) in [5.41, 5.74) is 1.47. The molecule has 8 heteroatoms. The number of benzene rings is 2. The van der Waals surface area contributed by atoms with Crippen LogP contribution in [0.4, 0.5) is 0 Å². The Morgan fingerprint density at radius 2 is 1.12 bits per heavy atom. The summed E-state index contributed by atoms with van der Waals surface area (Å²) in [6, 6.07) is 12.2. The molecule has 0 atom stereocenters. The molecule has 6 nitrogen and oxygen atoms in total. The summed E-state index contributed by atoms with van der Waals surface area (Å²) in [4.78, 5) is -0.128. The third-order valence-electron chi connectivity index (χ3n) is 3.08. The second-order valence-corrected chi connectivity index (χ2v) is 8.45. The van der Waals surface area contributed by atoms with Gasteiger partial charge in [-0.1, -0.05) is 24.3 Å². The average molecular weight is 370 g/mol. The predicted molar refractivity (Wildman–Crippen MR) is 88.4 cm³/mol. The fourth-order valence-corrected chi connectivity index (χ4v) is 4.24. The second-order valence-electron chi connectivity index (χ2n) is 5.30. The molecule has 2 aromatic rings. The van der Waals surface area contributed by atoms with Crippen LogP contribution in [0.3, 0.4) is 0 Å². The Hall–Kier alpha value is -1.74. The van der Waals surface area contributed by atoms with Gasteiger partial charge in [0.15, 0.2) is 6.29 Å². The standard InChI is InChI=1S/C16H18O6S2/c1-12-6-4-8-15(10-12)23(17,18)21-14(3)22-24(19,20)16-9-5-7-13(2)11-16/h4-11,14H,1-3H3. The molecule has 24 heavy (non-hydrogen) atoms. The first kappa shape index (κ1) is 18.6. The van der Waals surface area contributed by atoms with E-state index in [9.17, 15) is 16.8 Å². The van der Waals surface area contributed by atoms with E-state index in [-0.39, 0.29) is 9.79 Å².